The van der Waals surface area contributed by atoms with E-state index in [1.54, 1.807) is 22.7 Å². The maximum absolute atomic E-state index is 4.56. The quantitative estimate of drug-likeness (QED) is 0.830. The molecule has 2 aromatic rings. The van der Waals surface area contributed by atoms with Crippen LogP contribution in [0.3, 0.4) is 0 Å². The first-order valence-corrected chi connectivity index (χ1v) is 8.62. The molecule has 0 aliphatic rings. The minimum absolute atomic E-state index is 0.369. The molecule has 0 aliphatic carbocycles. The van der Waals surface area contributed by atoms with E-state index >= 15 is 0 Å². The van der Waals surface area contributed by atoms with Crippen molar-refractivity contribution in [1.82, 2.24) is 10.3 Å². The van der Waals surface area contributed by atoms with Crippen molar-refractivity contribution in [3.8, 4) is 0 Å². The number of hydrogen-bond donors (Lipinski definition) is 1. The normalized spacial score (nSPS) is 12.8. The van der Waals surface area contributed by atoms with Gasteiger partial charge in [0.2, 0.25) is 0 Å². The fraction of sp³-hybridized carbons (Fsp3) is 0.462. The molecule has 2 rings (SSSR count). The van der Waals surface area contributed by atoms with Crippen molar-refractivity contribution >= 4 is 38.6 Å². The van der Waals surface area contributed by atoms with Gasteiger partial charge in [-0.05, 0) is 52.8 Å². The summed E-state index contributed by atoms with van der Waals surface area (Å²) in [6, 6.07) is 2.58. The van der Waals surface area contributed by atoms with Gasteiger partial charge in [0, 0.05) is 17.8 Å². The zero-order valence-corrected chi connectivity index (χ0v) is 13.8. The SMILES string of the molecule is CCCNC(Cc1csc(C)n1)c1csc(Br)c1. The first-order chi connectivity index (χ1) is 8.69. The van der Waals surface area contributed by atoms with Crippen LogP contribution in [-0.2, 0) is 6.42 Å². The number of hydrogen-bond acceptors (Lipinski definition) is 4. The van der Waals surface area contributed by atoms with Gasteiger partial charge in [0.15, 0.2) is 0 Å². The predicted octanol–water partition coefficient (Wildman–Crippen LogP) is 4.56. The number of aryl methyl sites for hydroxylation is 1. The maximum Gasteiger partial charge on any atom is 0.0897 e. The molecule has 0 aliphatic heterocycles. The molecule has 1 atom stereocenters. The van der Waals surface area contributed by atoms with Crippen LogP contribution in [0, 0.1) is 6.92 Å². The maximum atomic E-state index is 4.56. The summed E-state index contributed by atoms with van der Waals surface area (Å²) in [5.74, 6) is 0. The molecule has 0 fully saturated rings. The molecule has 2 nitrogen and oxygen atoms in total. The molecule has 1 unspecified atom stereocenters. The highest BCUT2D eigenvalue weighted by molar-refractivity contribution is 9.11. The molecule has 0 spiro atoms. The Balaban J connectivity index is 2.09. The van der Waals surface area contributed by atoms with Crippen molar-refractivity contribution in [2.45, 2.75) is 32.7 Å². The van der Waals surface area contributed by atoms with E-state index in [0.29, 0.717) is 6.04 Å². The Bertz CT molecular complexity index is 493. The Morgan fingerprint density at radius 2 is 2.22 bits per heavy atom. The molecule has 2 heterocycles. The third kappa shape index (κ3) is 3.88. The van der Waals surface area contributed by atoms with Gasteiger partial charge < -0.3 is 5.32 Å². The van der Waals surface area contributed by atoms with E-state index in [9.17, 15) is 0 Å². The fourth-order valence-electron chi connectivity index (χ4n) is 1.84. The van der Waals surface area contributed by atoms with Crippen LogP contribution in [0.2, 0.25) is 0 Å². The second kappa shape index (κ2) is 6.80. The van der Waals surface area contributed by atoms with E-state index in [-0.39, 0.29) is 0 Å². The molecule has 1 N–H and O–H groups in total. The first-order valence-electron chi connectivity index (χ1n) is 6.07. The van der Waals surface area contributed by atoms with Gasteiger partial charge in [0.05, 0.1) is 14.5 Å². The molecule has 5 heteroatoms. The van der Waals surface area contributed by atoms with E-state index in [0.717, 1.165) is 24.4 Å². The summed E-state index contributed by atoms with van der Waals surface area (Å²) in [4.78, 5) is 4.56. The highest BCUT2D eigenvalue weighted by Crippen LogP contribution is 2.27. The van der Waals surface area contributed by atoms with Crippen molar-refractivity contribution in [3.05, 3.63) is 36.9 Å². The summed E-state index contributed by atoms with van der Waals surface area (Å²) in [6.07, 6.45) is 2.12. The van der Waals surface area contributed by atoms with Crippen molar-refractivity contribution in [1.29, 1.82) is 0 Å². The molecule has 18 heavy (non-hydrogen) atoms. The smallest absolute Gasteiger partial charge is 0.0897 e. The van der Waals surface area contributed by atoms with Gasteiger partial charge in [0.25, 0.3) is 0 Å². The van der Waals surface area contributed by atoms with Crippen LogP contribution in [0.1, 0.15) is 35.7 Å². The standard InChI is InChI=1S/C13H17BrN2S2/c1-3-4-15-12(10-5-13(14)18-7-10)6-11-8-17-9(2)16-11/h5,7-8,12,15H,3-4,6H2,1-2H3. The van der Waals surface area contributed by atoms with Crippen molar-refractivity contribution in [3.63, 3.8) is 0 Å². The molecular formula is C13H17BrN2S2. The molecule has 0 aromatic carbocycles. The van der Waals surface area contributed by atoms with Gasteiger partial charge in [-0.25, -0.2) is 4.98 Å². The van der Waals surface area contributed by atoms with E-state index < -0.39 is 0 Å². The number of nitrogens with one attached hydrogen (secondary N) is 1. The Kier molecular flexibility index (Phi) is 5.36. The van der Waals surface area contributed by atoms with E-state index in [1.807, 2.05) is 0 Å². The number of aromatic nitrogens is 1. The summed E-state index contributed by atoms with van der Waals surface area (Å²) in [5, 5.41) is 9.13. The molecule has 98 valence electrons. The lowest BCUT2D eigenvalue weighted by molar-refractivity contribution is 0.526. The van der Waals surface area contributed by atoms with Crippen LogP contribution in [-0.4, -0.2) is 11.5 Å². The van der Waals surface area contributed by atoms with Crippen LogP contribution in [0.5, 0.6) is 0 Å². The first kappa shape index (κ1) is 14.2. The van der Waals surface area contributed by atoms with Crippen LogP contribution < -0.4 is 5.32 Å². The van der Waals surface area contributed by atoms with Crippen molar-refractivity contribution < 1.29 is 0 Å². The molecule has 2 aromatic heterocycles. The topological polar surface area (TPSA) is 24.9 Å². The zero-order chi connectivity index (χ0) is 13.0. The summed E-state index contributed by atoms with van der Waals surface area (Å²) in [6.45, 7) is 5.30. The lowest BCUT2D eigenvalue weighted by Crippen LogP contribution is -2.23. The summed E-state index contributed by atoms with van der Waals surface area (Å²) in [5.41, 5.74) is 2.54. The van der Waals surface area contributed by atoms with E-state index in [2.05, 4.69) is 56.9 Å². The summed E-state index contributed by atoms with van der Waals surface area (Å²) >= 11 is 7.00. The molecule has 0 saturated heterocycles. The lowest BCUT2D eigenvalue weighted by atomic mass is 10.1. The summed E-state index contributed by atoms with van der Waals surface area (Å²) in [7, 11) is 0. The summed E-state index contributed by atoms with van der Waals surface area (Å²) < 4.78 is 1.19. The van der Waals surface area contributed by atoms with Gasteiger partial charge in [-0.2, -0.15) is 0 Å². The number of nitrogens with zero attached hydrogens (tertiary/aromatic N) is 1. The fourth-order valence-corrected chi connectivity index (χ4v) is 3.70. The Hall–Kier alpha value is -0.230. The largest absolute Gasteiger partial charge is 0.310 e. The van der Waals surface area contributed by atoms with E-state index in [1.165, 1.54) is 15.0 Å². The average molecular weight is 345 g/mol. The van der Waals surface area contributed by atoms with Gasteiger partial charge >= 0.3 is 0 Å². The lowest BCUT2D eigenvalue weighted by Gasteiger charge is -2.16. The average Bonchev–Trinajstić information content (AvgIpc) is 2.93. The van der Waals surface area contributed by atoms with E-state index in [4.69, 9.17) is 0 Å². The van der Waals surface area contributed by atoms with Gasteiger partial charge in [-0.1, -0.05) is 6.92 Å². The van der Waals surface area contributed by atoms with Crippen LogP contribution in [0.15, 0.2) is 20.6 Å². The number of rotatable bonds is 6. The zero-order valence-electron chi connectivity index (χ0n) is 10.6. The monoisotopic (exact) mass is 344 g/mol. The number of halogens is 1. The third-order valence-corrected chi connectivity index (χ3v) is 5.06. The van der Waals surface area contributed by atoms with Gasteiger partial charge in [0.1, 0.15) is 0 Å². The number of thiazole rings is 1. The van der Waals surface area contributed by atoms with Gasteiger partial charge in [-0.15, -0.1) is 22.7 Å². The molecule has 0 bridgehead atoms. The highest BCUT2D eigenvalue weighted by atomic mass is 79.9. The highest BCUT2D eigenvalue weighted by Gasteiger charge is 2.14. The second-order valence-corrected chi connectivity index (χ2v) is 7.61. The van der Waals surface area contributed by atoms with Crippen LogP contribution >= 0.6 is 38.6 Å². The predicted molar refractivity (Wildman–Crippen MR) is 83.6 cm³/mol. The third-order valence-electron chi connectivity index (χ3n) is 2.71. The van der Waals surface area contributed by atoms with Crippen molar-refractivity contribution in [2.75, 3.05) is 6.54 Å². The van der Waals surface area contributed by atoms with Crippen LogP contribution in [0.25, 0.3) is 0 Å². The van der Waals surface area contributed by atoms with Gasteiger partial charge in [-0.3, -0.25) is 0 Å². The Morgan fingerprint density at radius 1 is 1.39 bits per heavy atom. The minimum Gasteiger partial charge on any atom is -0.310 e. The minimum atomic E-state index is 0.369. The Labute approximate surface area is 125 Å². The molecular weight excluding hydrogens is 328 g/mol. The molecule has 0 radical (unpaired) electrons. The molecule has 0 amide bonds. The van der Waals surface area contributed by atoms with Crippen LogP contribution in [0.4, 0.5) is 0 Å². The second-order valence-electron chi connectivity index (χ2n) is 4.25. The van der Waals surface area contributed by atoms with Crippen molar-refractivity contribution in [2.24, 2.45) is 0 Å². The number of thiophene rings is 1. The Morgan fingerprint density at radius 3 is 2.78 bits per heavy atom. The molecule has 0 saturated carbocycles.